The van der Waals surface area contributed by atoms with E-state index in [9.17, 15) is 19.8 Å². The third-order valence-electron chi connectivity index (χ3n) is 13.3. The number of allylic oxidation sites excluding steroid dienone is 2. The van der Waals surface area contributed by atoms with E-state index in [-0.39, 0.29) is 18.5 Å². The van der Waals surface area contributed by atoms with Crippen LogP contribution in [0.1, 0.15) is 316 Å². The number of aliphatic hydroxyl groups is 2. The Hall–Kier alpha value is -1.40. The lowest BCUT2D eigenvalue weighted by molar-refractivity contribution is -0.143. The smallest absolute Gasteiger partial charge is 0.305 e. The SMILES string of the molecule is CCCCCCCCCCCCCCC(O)C(CO)NC(=O)CCCCCCCCC/C=C\CCCCCCCCCCCCCCOC(=O)CCCCCCCCCCCCC. The molecule has 0 radical (unpaired) electrons. The number of amides is 1. The number of esters is 1. The minimum atomic E-state index is -0.666. The molecule has 374 valence electrons. The van der Waals surface area contributed by atoms with Crippen molar-refractivity contribution in [2.24, 2.45) is 0 Å². The summed E-state index contributed by atoms with van der Waals surface area (Å²) in [6, 6.07) is -0.544. The molecule has 0 bridgehead atoms. The van der Waals surface area contributed by atoms with E-state index in [1.54, 1.807) is 0 Å². The molecule has 63 heavy (non-hydrogen) atoms. The molecule has 2 unspecified atom stereocenters. The predicted octanol–water partition coefficient (Wildman–Crippen LogP) is 17.3. The van der Waals surface area contributed by atoms with E-state index in [1.807, 2.05) is 0 Å². The molecule has 0 aromatic rings. The summed E-state index contributed by atoms with van der Waals surface area (Å²) in [7, 11) is 0. The minimum absolute atomic E-state index is 0.0114. The largest absolute Gasteiger partial charge is 0.466 e. The van der Waals surface area contributed by atoms with Gasteiger partial charge in [-0.25, -0.2) is 0 Å². The minimum Gasteiger partial charge on any atom is -0.466 e. The summed E-state index contributed by atoms with van der Waals surface area (Å²) in [5.74, 6) is -0.0294. The van der Waals surface area contributed by atoms with Crippen molar-refractivity contribution in [3.05, 3.63) is 12.2 Å². The maximum atomic E-state index is 12.4. The van der Waals surface area contributed by atoms with Crippen LogP contribution in [0.15, 0.2) is 12.2 Å². The van der Waals surface area contributed by atoms with Crippen LogP contribution in [0.25, 0.3) is 0 Å². The van der Waals surface area contributed by atoms with Crippen molar-refractivity contribution in [3.8, 4) is 0 Å². The lowest BCUT2D eigenvalue weighted by atomic mass is 10.0. The lowest BCUT2D eigenvalue weighted by Crippen LogP contribution is -2.45. The lowest BCUT2D eigenvalue weighted by Gasteiger charge is -2.22. The van der Waals surface area contributed by atoms with E-state index in [2.05, 4.69) is 31.3 Å². The van der Waals surface area contributed by atoms with Gasteiger partial charge in [-0.3, -0.25) is 9.59 Å². The molecule has 0 aromatic carbocycles. The van der Waals surface area contributed by atoms with Gasteiger partial charge in [0.05, 0.1) is 25.4 Å². The quantitative estimate of drug-likeness (QED) is 0.0321. The molecule has 0 aliphatic rings. The van der Waals surface area contributed by atoms with Gasteiger partial charge in [0.1, 0.15) is 0 Å². The van der Waals surface area contributed by atoms with Crippen LogP contribution in [0.5, 0.6) is 0 Å². The Morgan fingerprint density at radius 3 is 1.13 bits per heavy atom. The Labute approximate surface area is 393 Å². The van der Waals surface area contributed by atoms with Gasteiger partial charge in [0, 0.05) is 12.8 Å². The molecule has 6 heteroatoms. The number of ether oxygens (including phenoxy) is 1. The Bertz CT molecular complexity index is 939. The highest BCUT2D eigenvalue weighted by atomic mass is 16.5. The van der Waals surface area contributed by atoms with Gasteiger partial charge in [-0.05, 0) is 51.4 Å². The molecule has 0 heterocycles. The van der Waals surface area contributed by atoms with Crippen LogP contribution in [-0.2, 0) is 14.3 Å². The molecule has 0 saturated heterocycles. The summed E-state index contributed by atoms with van der Waals surface area (Å²) >= 11 is 0. The normalized spacial score (nSPS) is 12.6. The van der Waals surface area contributed by atoms with Gasteiger partial charge < -0.3 is 20.3 Å². The van der Waals surface area contributed by atoms with Gasteiger partial charge in [0.15, 0.2) is 0 Å². The summed E-state index contributed by atoms with van der Waals surface area (Å²) in [6.07, 6.45) is 62.1. The highest BCUT2D eigenvalue weighted by Gasteiger charge is 2.20. The monoisotopic (exact) mass is 890 g/mol. The van der Waals surface area contributed by atoms with E-state index >= 15 is 0 Å². The molecule has 1 amide bonds. The zero-order chi connectivity index (χ0) is 45.8. The number of aliphatic hydroxyl groups excluding tert-OH is 2. The summed E-state index contributed by atoms with van der Waals surface area (Å²) in [5.41, 5.74) is 0. The molecule has 0 fully saturated rings. The number of unbranched alkanes of at least 4 members (excludes halogenated alkanes) is 40. The van der Waals surface area contributed by atoms with Gasteiger partial charge in [0.2, 0.25) is 5.91 Å². The number of hydrogen-bond acceptors (Lipinski definition) is 5. The summed E-state index contributed by atoms with van der Waals surface area (Å²) in [6.45, 7) is 4.95. The first-order chi connectivity index (χ1) is 31.0. The summed E-state index contributed by atoms with van der Waals surface area (Å²) < 4.78 is 5.46. The number of nitrogens with one attached hydrogen (secondary N) is 1. The van der Waals surface area contributed by atoms with E-state index in [0.717, 1.165) is 38.5 Å². The average molecular weight is 891 g/mol. The second-order valence-corrected chi connectivity index (χ2v) is 19.6. The van der Waals surface area contributed by atoms with Gasteiger partial charge in [-0.15, -0.1) is 0 Å². The first-order valence-electron chi connectivity index (χ1n) is 28.4. The molecule has 6 nitrogen and oxygen atoms in total. The molecule has 0 aliphatic heterocycles. The van der Waals surface area contributed by atoms with E-state index in [4.69, 9.17) is 4.74 Å². The van der Waals surface area contributed by atoms with Crippen LogP contribution in [0.3, 0.4) is 0 Å². The van der Waals surface area contributed by atoms with Crippen molar-refractivity contribution >= 4 is 11.9 Å². The molecular weight excluding hydrogens is 779 g/mol. The maximum Gasteiger partial charge on any atom is 0.305 e. The molecule has 0 aliphatic carbocycles. The fraction of sp³-hybridized carbons (Fsp3) is 0.930. The van der Waals surface area contributed by atoms with Crippen LogP contribution in [0.2, 0.25) is 0 Å². The van der Waals surface area contributed by atoms with E-state index in [0.29, 0.717) is 25.9 Å². The second kappa shape index (κ2) is 53.2. The Morgan fingerprint density at radius 1 is 0.429 bits per heavy atom. The van der Waals surface area contributed by atoms with Crippen molar-refractivity contribution in [1.82, 2.24) is 5.32 Å². The third kappa shape index (κ3) is 49.9. The standard InChI is InChI=1S/C57H111NO5/c1-3-5-7-9-11-13-15-30-33-37-41-45-49-55(60)54(53-59)58-56(61)50-46-42-38-34-31-27-25-23-21-19-17-16-18-20-22-24-26-28-32-36-40-44-48-52-63-57(62)51-47-43-39-35-29-14-12-10-8-6-4-2/h19,21,54-55,59-60H,3-18,20,22-53H2,1-2H3,(H,58,61)/b21-19-. The number of hydrogen-bond donors (Lipinski definition) is 3. The number of carbonyl (C=O) groups excluding carboxylic acids is 2. The Kier molecular flexibility index (Phi) is 52.0. The van der Waals surface area contributed by atoms with E-state index < -0.39 is 12.1 Å². The van der Waals surface area contributed by atoms with Crippen LogP contribution in [0, 0.1) is 0 Å². The van der Waals surface area contributed by atoms with Crippen LogP contribution in [-0.4, -0.2) is 47.4 Å². The topological polar surface area (TPSA) is 95.9 Å². The molecular formula is C57H111NO5. The molecule has 0 aromatic heterocycles. The van der Waals surface area contributed by atoms with Crippen LogP contribution in [0.4, 0.5) is 0 Å². The fourth-order valence-electron chi connectivity index (χ4n) is 8.93. The molecule has 0 spiro atoms. The first kappa shape index (κ1) is 61.6. The second-order valence-electron chi connectivity index (χ2n) is 19.6. The van der Waals surface area contributed by atoms with Gasteiger partial charge in [0.25, 0.3) is 0 Å². The zero-order valence-electron chi connectivity index (χ0n) is 42.6. The van der Waals surface area contributed by atoms with Crippen molar-refractivity contribution in [1.29, 1.82) is 0 Å². The molecule has 0 saturated carbocycles. The van der Waals surface area contributed by atoms with Gasteiger partial charge >= 0.3 is 5.97 Å². The molecule has 0 rings (SSSR count). The van der Waals surface area contributed by atoms with Crippen molar-refractivity contribution < 1.29 is 24.5 Å². The third-order valence-corrected chi connectivity index (χ3v) is 13.3. The maximum absolute atomic E-state index is 12.4. The Balaban J connectivity index is 3.40. The number of carbonyl (C=O) groups is 2. The first-order valence-corrected chi connectivity index (χ1v) is 28.4. The summed E-state index contributed by atoms with van der Waals surface area (Å²) in [5, 5.41) is 23.2. The predicted molar refractivity (Wildman–Crippen MR) is 273 cm³/mol. The highest BCUT2D eigenvalue weighted by Crippen LogP contribution is 2.17. The molecule has 3 N–H and O–H groups in total. The summed E-state index contributed by atoms with van der Waals surface area (Å²) in [4.78, 5) is 24.4. The van der Waals surface area contributed by atoms with Crippen LogP contribution < -0.4 is 5.32 Å². The van der Waals surface area contributed by atoms with Crippen molar-refractivity contribution in [2.75, 3.05) is 13.2 Å². The van der Waals surface area contributed by atoms with Gasteiger partial charge in [-0.2, -0.15) is 0 Å². The van der Waals surface area contributed by atoms with E-state index in [1.165, 1.54) is 244 Å². The number of rotatable bonds is 53. The average Bonchev–Trinajstić information content (AvgIpc) is 3.28. The zero-order valence-corrected chi connectivity index (χ0v) is 42.6. The van der Waals surface area contributed by atoms with Gasteiger partial charge in [-0.1, -0.05) is 264 Å². The fourth-order valence-corrected chi connectivity index (χ4v) is 8.93. The van der Waals surface area contributed by atoms with Crippen molar-refractivity contribution in [2.45, 2.75) is 328 Å². The molecule has 2 atom stereocenters. The highest BCUT2D eigenvalue weighted by molar-refractivity contribution is 5.76. The Morgan fingerprint density at radius 2 is 0.746 bits per heavy atom. The van der Waals surface area contributed by atoms with Crippen molar-refractivity contribution in [3.63, 3.8) is 0 Å². The van der Waals surface area contributed by atoms with Crippen LogP contribution >= 0.6 is 0 Å².